The number of rotatable bonds is 4. The fraction of sp³-hybridized carbons (Fsp3) is 0.450. The largest absolute Gasteiger partial charge is 0.438 e. The smallest absolute Gasteiger partial charge is 0.233 e. The molecule has 140 valence electrons. The van der Waals surface area contributed by atoms with Gasteiger partial charge in [-0.05, 0) is 37.0 Å². The van der Waals surface area contributed by atoms with Gasteiger partial charge in [0.05, 0.1) is 17.8 Å². The lowest BCUT2D eigenvalue weighted by Crippen LogP contribution is -2.28. The topological polar surface area (TPSA) is 56.1 Å². The van der Waals surface area contributed by atoms with E-state index in [0.717, 1.165) is 28.6 Å². The Morgan fingerprint density at radius 3 is 2.96 bits per heavy atom. The molecule has 3 heterocycles. The van der Waals surface area contributed by atoms with E-state index in [2.05, 4.69) is 32.1 Å². The Kier molecular flexibility index (Phi) is 4.39. The fourth-order valence-corrected chi connectivity index (χ4v) is 5.20. The van der Waals surface area contributed by atoms with Crippen LogP contribution in [0.25, 0.3) is 11.0 Å². The van der Waals surface area contributed by atoms with Crippen molar-refractivity contribution >= 4 is 28.5 Å². The number of thioether (sulfide) groups is 1. The number of ether oxygens (including phenoxy) is 1. The van der Waals surface area contributed by atoms with Crippen molar-refractivity contribution < 1.29 is 4.74 Å². The number of hydrogen-bond acceptors (Lipinski definition) is 6. The minimum absolute atomic E-state index is 0.551. The summed E-state index contributed by atoms with van der Waals surface area (Å²) in [5.74, 6) is 3.25. The molecule has 5 rings (SSSR count). The third-order valence-corrected chi connectivity index (χ3v) is 6.64. The van der Waals surface area contributed by atoms with Crippen molar-refractivity contribution in [2.45, 2.75) is 37.0 Å². The molecule has 2 aromatic heterocycles. The fourth-order valence-electron chi connectivity index (χ4n) is 4.12. The molecule has 1 fully saturated rings. The highest BCUT2D eigenvalue weighted by molar-refractivity contribution is 7.99. The predicted octanol–water partition coefficient (Wildman–Crippen LogP) is 4.61. The first-order valence-electron chi connectivity index (χ1n) is 9.60. The van der Waals surface area contributed by atoms with Crippen LogP contribution in [-0.2, 0) is 7.05 Å². The van der Waals surface area contributed by atoms with Crippen molar-refractivity contribution in [2.75, 3.05) is 17.3 Å². The van der Waals surface area contributed by atoms with E-state index in [1.54, 1.807) is 10.9 Å². The molecule has 7 heteroatoms. The summed E-state index contributed by atoms with van der Waals surface area (Å²) in [7, 11) is 1.87. The molecule has 2 aliphatic rings. The molecule has 1 aliphatic carbocycles. The number of aromatic nitrogens is 4. The Labute approximate surface area is 162 Å². The Balaban J connectivity index is 1.35. The monoisotopic (exact) mass is 381 g/mol. The number of fused-ring (bicyclic) bond motifs is 2. The molecule has 0 saturated heterocycles. The minimum Gasteiger partial charge on any atom is -0.438 e. The van der Waals surface area contributed by atoms with Gasteiger partial charge in [0.25, 0.3) is 0 Å². The zero-order chi connectivity index (χ0) is 18.2. The van der Waals surface area contributed by atoms with Crippen molar-refractivity contribution in [2.24, 2.45) is 13.0 Å². The molecule has 1 aliphatic heterocycles. The van der Waals surface area contributed by atoms with Crippen LogP contribution in [0.2, 0.25) is 0 Å². The van der Waals surface area contributed by atoms with Crippen molar-refractivity contribution in [3.05, 3.63) is 30.7 Å². The van der Waals surface area contributed by atoms with Crippen LogP contribution in [0, 0.1) is 5.92 Å². The maximum atomic E-state index is 6.08. The lowest BCUT2D eigenvalue weighted by atomic mass is 9.89. The Bertz CT molecular complexity index is 966. The average molecular weight is 382 g/mol. The molecule has 0 spiro atoms. The van der Waals surface area contributed by atoms with Crippen LogP contribution in [0.3, 0.4) is 0 Å². The van der Waals surface area contributed by atoms with Crippen LogP contribution in [0.4, 0.5) is 5.69 Å². The highest BCUT2D eigenvalue weighted by atomic mass is 32.2. The quantitative estimate of drug-likeness (QED) is 0.658. The number of nitrogens with zero attached hydrogens (tertiary/aromatic N) is 5. The van der Waals surface area contributed by atoms with E-state index in [1.165, 1.54) is 55.6 Å². The van der Waals surface area contributed by atoms with Gasteiger partial charge in [-0.1, -0.05) is 19.3 Å². The molecule has 0 N–H and O–H groups in total. The van der Waals surface area contributed by atoms with E-state index >= 15 is 0 Å². The van der Waals surface area contributed by atoms with Crippen molar-refractivity contribution in [1.29, 1.82) is 0 Å². The Morgan fingerprint density at radius 1 is 1.19 bits per heavy atom. The molecular weight excluding hydrogens is 358 g/mol. The van der Waals surface area contributed by atoms with Crippen LogP contribution in [-0.4, -0.2) is 32.2 Å². The summed E-state index contributed by atoms with van der Waals surface area (Å²) < 4.78 is 7.81. The first kappa shape index (κ1) is 16.9. The van der Waals surface area contributed by atoms with Gasteiger partial charge in [-0.25, -0.2) is 9.97 Å². The van der Waals surface area contributed by atoms with E-state index in [1.807, 2.05) is 24.9 Å². The van der Waals surface area contributed by atoms with Gasteiger partial charge in [0.2, 0.25) is 5.88 Å². The second-order valence-electron chi connectivity index (χ2n) is 7.42. The second-order valence-corrected chi connectivity index (χ2v) is 8.40. The van der Waals surface area contributed by atoms with Gasteiger partial charge in [0.15, 0.2) is 5.65 Å². The predicted molar refractivity (Wildman–Crippen MR) is 107 cm³/mol. The summed E-state index contributed by atoms with van der Waals surface area (Å²) in [4.78, 5) is 12.4. The first-order valence-corrected chi connectivity index (χ1v) is 10.6. The molecule has 0 amide bonds. The van der Waals surface area contributed by atoms with E-state index in [-0.39, 0.29) is 0 Å². The average Bonchev–Trinajstić information content (AvgIpc) is 3.27. The van der Waals surface area contributed by atoms with E-state index < -0.39 is 0 Å². The van der Waals surface area contributed by atoms with Crippen LogP contribution in [0.15, 0.2) is 35.6 Å². The number of aryl methyl sites for hydroxylation is 1. The molecule has 3 aromatic rings. The highest BCUT2D eigenvalue weighted by Crippen LogP contribution is 2.42. The van der Waals surface area contributed by atoms with Crippen molar-refractivity contribution in [3.8, 4) is 11.6 Å². The first-order chi connectivity index (χ1) is 13.3. The molecule has 0 atom stereocenters. The normalized spacial score (nSPS) is 17.4. The summed E-state index contributed by atoms with van der Waals surface area (Å²) in [5.41, 5.74) is 2.11. The van der Waals surface area contributed by atoms with E-state index in [4.69, 9.17) is 4.74 Å². The number of benzene rings is 1. The standard InChI is InChI=1S/C20H23N5OS/c1-24-19-16(10-23-24)20(22-12-21-19)26-15-7-8-17-18(9-15)27-13-25(17)11-14-5-3-2-4-6-14/h7-10,12,14H,2-6,11,13H2,1H3. The molecule has 1 saturated carbocycles. The Hall–Kier alpha value is -2.28. The zero-order valence-corrected chi connectivity index (χ0v) is 16.3. The molecule has 0 bridgehead atoms. The van der Waals surface area contributed by atoms with Gasteiger partial charge < -0.3 is 9.64 Å². The summed E-state index contributed by atoms with van der Waals surface area (Å²) in [6.07, 6.45) is 10.2. The lowest BCUT2D eigenvalue weighted by Gasteiger charge is -2.28. The summed E-state index contributed by atoms with van der Waals surface area (Å²) in [5, 5.41) is 5.07. The number of hydrogen-bond donors (Lipinski definition) is 0. The number of anilines is 1. The molecule has 0 radical (unpaired) electrons. The third kappa shape index (κ3) is 3.25. The van der Waals surface area contributed by atoms with Gasteiger partial charge in [-0.3, -0.25) is 4.68 Å². The Morgan fingerprint density at radius 2 is 2.07 bits per heavy atom. The molecule has 6 nitrogen and oxygen atoms in total. The van der Waals surface area contributed by atoms with E-state index in [0.29, 0.717) is 5.88 Å². The molecular formula is C20H23N5OS. The summed E-state index contributed by atoms with van der Waals surface area (Å²) in [6.45, 7) is 1.18. The van der Waals surface area contributed by atoms with Gasteiger partial charge >= 0.3 is 0 Å². The van der Waals surface area contributed by atoms with Gasteiger partial charge in [0.1, 0.15) is 17.5 Å². The van der Waals surface area contributed by atoms with Crippen LogP contribution in [0.5, 0.6) is 11.6 Å². The minimum atomic E-state index is 0.551. The lowest BCUT2D eigenvalue weighted by molar-refractivity contribution is 0.361. The van der Waals surface area contributed by atoms with Gasteiger partial charge in [-0.15, -0.1) is 11.8 Å². The van der Waals surface area contributed by atoms with Crippen molar-refractivity contribution in [1.82, 2.24) is 19.7 Å². The maximum Gasteiger partial charge on any atom is 0.233 e. The van der Waals surface area contributed by atoms with Gasteiger partial charge in [-0.2, -0.15) is 5.10 Å². The SMILES string of the molecule is Cn1ncc2c(Oc3ccc4c(c3)SCN4CC3CCCCC3)ncnc21. The van der Waals surface area contributed by atoms with Crippen LogP contribution >= 0.6 is 11.8 Å². The second kappa shape index (κ2) is 7.03. The van der Waals surface area contributed by atoms with E-state index in [9.17, 15) is 0 Å². The van der Waals surface area contributed by atoms with Crippen molar-refractivity contribution in [3.63, 3.8) is 0 Å². The van der Waals surface area contributed by atoms with Crippen LogP contribution in [0.1, 0.15) is 32.1 Å². The van der Waals surface area contributed by atoms with Gasteiger partial charge in [0, 0.05) is 18.5 Å². The maximum absolute atomic E-state index is 6.08. The highest BCUT2D eigenvalue weighted by Gasteiger charge is 2.24. The van der Waals surface area contributed by atoms with Crippen LogP contribution < -0.4 is 9.64 Å². The molecule has 0 unspecified atom stereocenters. The molecule has 27 heavy (non-hydrogen) atoms. The molecule has 1 aromatic carbocycles. The summed E-state index contributed by atoms with van der Waals surface area (Å²) in [6, 6.07) is 6.36. The third-order valence-electron chi connectivity index (χ3n) is 5.56. The zero-order valence-electron chi connectivity index (χ0n) is 15.5. The summed E-state index contributed by atoms with van der Waals surface area (Å²) >= 11 is 1.89.